The van der Waals surface area contributed by atoms with Crippen molar-refractivity contribution in [1.82, 2.24) is 9.80 Å². The van der Waals surface area contributed by atoms with Gasteiger partial charge in [0, 0.05) is 38.2 Å². The second-order valence-electron chi connectivity index (χ2n) is 13.0. The van der Waals surface area contributed by atoms with Gasteiger partial charge in [-0.15, -0.1) is 0 Å². The van der Waals surface area contributed by atoms with Crippen molar-refractivity contribution in [3.8, 4) is 6.07 Å². The molecule has 0 fully saturated rings. The van der Waals surface area contributed by atoms with Gasteiger partial charge in [-0.3, -0.25) is 29.0 Å². The minimum absolute atomic E-state index is 0.285. The van der Waals surface area contributed by atoms with Gasteiger partial charge in [0.05, 0.1) is 29.3 Å². The van der Waals surface area contributed by atoms with Crippen molar-refractivity contribution < 1.29 is 19.2 Å². The van der Waals surface area contributed by atoms with E-state index in [2.05, 4.69) is 6.07 Å². The van der Waals surface area contributed by atoms with Crippen LogP contribution in [0.5, 0.6) is 0 Å². The average molecular weight is 638 g/mol. The molecule has 4 amide bonds. The summed E-state index contributed by atoms with van der Waals surface area (Å²) in [5, 5.41) is 15.9. The number of imide groups is 2. The van der Waals surface area contributed by atoms with Crippen LogP contribution in [-0.4, -0.2) is 33.4 Å². The molecule has 7 nitrogen and oxygen atoms in total. The highest BCUT2D eigenvalue weighted by molar-refractivity contribution is 6.42. The van der Waals surface area contributed by atoms with Crippen molar-refractivity contribution in [2.75, 3.05) is 0 Å². The molecule has 2 aliphatic heterocycles. The van der Waals surface area contributed by atoms with Crippen LogP contribution < -0.4 is 0 Å². The first-order valence-corrected chi connectivity index (χ1v) is 16.2. The van der Waals surface area contributed by atoms with Gasteiger partial charge >= 0.3 is 0 Å². The Morgan fingerprint density at radius 3 is 1.43 bits per heavy atom. The first-order valence-electron chi connectivity index (χ1n) is 16.2. The van der Waals surface area contributed by atoms with Gasteiger partial charge in [0.1, 0.15) is 0 Å². The summed E-state index contributed by atoms with van der Waals surface area (Å²) in [5.41, 5.74) is 4.31. The largest absolute Gasteiger partial charge is 0.269 e. The highest BCUT2D eigenvalue weighted by atomic mass is 16.2. The summed E-state index contributed by atoms with van der Waals surface area (Å²) in [5.74, 6) is -1.60. The molecule has 2 heterocycles. The maximum atomic E-state index is 14.2. The van der Waals surface area contributed by atoms with Crippen molar-refractivity contribution in [2.24, 2.45) is 0 Å². The van der Waals surface area contributed by atoms with E-state index in [0.717, 1.165) is 32.8 Å². The topological polar surface area (TPSA) is 98.6 Å². The van der Waals surface area contributed by atoms with Crippen LogP contribution in [0.25, 0.3) is 43.1 Å². The lowest BCUT2D eigenvalue weighted by atomic mass is 9.79. The molecule has 0 N–H and O–H groups in total. The molecule has 7 heteroatoms. The van der Waals surface area contributed by atoms with Crippen molar-refractivity contribution >= 4 is 66.7 Å². The molecule has 7 aromatic carbocycles. The zero-order chi connectivity index (χ0) is 33.9. The molecule has 0 saturated heterocycles. The van der Waals surface area contributed by atoms with Crippen molar-refractivity contribution in [3.05, 3.63) is 142 Å². The molecule has 2 aliphatic rings. The van der Waals surface area contributed by atoms with Gasteiger partial charge in [0.15, 0.2) is 0 Å². The van der Waals surface area contributed by atoms with Crippen LogP contribution in [-0.2, 0) is 0 Å². The van der Waals surface area contributed by atoms with Gasteiger partial charge in [-0.1, -0.05) is 72.8 Å². The van der Waals surface area contributed by atoms with Crippen molar-refractivity contribution in [1.29, 1.82) is 5.26 Å². The Kier molecular flexibility index (Phi) is 5.91. The zero-order valence-electron chi connectivity index (χ0n) is 26.9. The molecule has 0 spiro atoms. The second-order valence-corrected chi connectivity index (χ2v) is 13.0. The molecular formula is C42H27N3O4. The highest BCUT2D eigenvalue weighted by Crippen LogP contribution is 2.49. The van der Waals surface area contributed by atoms with E-state index in [-0.39, 0.29) is 17.4 Å². The molecule has 0 bridgehead atoms. The van der Waals surface area contributed by atoms with Crippen molar-refractivity contribution in [3.63, 3.8) is 0 Å². The Morgan fingerprint density at radius 1 is 0.510 bits per heavy atom. The third-order valence-electron chi connectivity index (χ3n) is 10.6. The summed E-state index contributed by atoms with van der Waals surface area (Å²) in [6, 6.07) is 30.8. The highest BCUT2D eigenvalue weighted by Gasteiger charge is 2.40. The number of fused-ring (bicyclic) bond motifs is 2. The van der Waals surface area contributed by atoms with Crippen LogP contribution in [0.2, 0.25) is 0 Å². The van der Waals surface area contributed by atoms with Gasteiger partial charge in [-0.2, -0.15) is 5.26 Å². The average Bonchev–Trinajstić information content (AvgIpc) is 3.13. The van der Waals surface area contributed by atoms with E-state index in [0.29, 0.717) is 49.2 Å². The van der Waals surface area contributed by atoms with E-state index in [4.69, 9.17) is 0 Å². The molecule has 49 heavy (non-hydrogen) atoms. The fraction of sp³-hybridized carbons (Fsp3) is 0.119. The predicted octanol–water partition coefficient (Wildman–Crippen LogP) is 8.63. The van der Waals surface area contributed by atoms with Gasteiger partial charge < -0.3 is 0 Å². The first-order chi connectivity index (χ1) is 23.7. The normalized spacial score (nSPS) is 15.6. The molecule has 0 saturated carbocycles. The third-order valence-corrected chi connectivity index (χ3v) is 10.6. The number of carbonyl (C=O) groups is 4. The molecule has 0 aliphatic carbocycles. The smallest absolute Gasteiger partial charge is 0.262 e. The molecule has 234 valence electrons. The van der Waals surface area contributed by atoms with Crippen LogP contribution in [0, 0.1) is 18.3 Å². The Morgan fingerprint density at radius 2 is 0.939 bits per heavy atom. The van der Waals surface area contributed by atoms with Gasteiger partial charge in [-0.25, -0.2) is 0 Å². The number of hydrogen-bond acceptors (Lipinski definition) is 5. The maximum Gasteiger partial charge on any atom is 0.262 e. The summed E-state index contributed by atoms with van der Waals surface area (Å²) in [4.78, 5) is 59.4. The van der Waals surface area contributed by atoms with E-state index in [1.54, 1.807) is 18.2 Å². The van der Waals surface area contributed by atoms with Crippen LogP contribution in [0.15, 0.2) is 97.1 Å². The fourth-order valence-corrected chi connectivity index (χ4v) is 8.26. The summed E-state index contributed by atoms with van der Waals surface area (Å²) in [6.45, 7) is 5.61. The quantitative estimate of drug-likeness (QED) is 0.109. The van der Waals surface area contributed by atoms with Gasteiger partial charge in [0.2, 0.25) is 0 Å². The molecular weight excluding hydrogens is 610 g/mol. The summed E-state index contributed by atoms with van der Waals surface area (Å²) < 4.78 is 0. The lowest BCUT2D eigenvalue weighted by Gasteiger charge is -2.34. The monoisotopic (exact) mass is 637 g/mol. The Balaban J connectivity index is 1.33. The number of hydrogen-bond donors (Lipinski definition) is 0. The van der Waals surface area contributed by atoms with E-state index in [9.17, 15) is 24.4 Å². The van der Waals surface area contributed by atoms with Crippen LogP contribution in [0.1, 0.15) is 89.6 Å². The predicted molar refractivity (Wildman–Crippen MR) is 188 cm³/mol. The van der Waals surface area contributed by atoms with Crippen LogP contribution in [0.3, 0.4) is 0 Å². The lowest BCUT2D eigenvalue weighted by molar-refractivity contribution is 0.0534. The number of aryl methyl sites for hydroxylation is 1. The second kappa shape index (κ2) is 10.1. The Hall–Kier alpha value is -6.39. The van der Waals surface area contributed by atoms with E-state index in [1.807, 2.05) is 99.6 Å². The number of nitriles is 1. The zero-order valence-corrected chi connectivity index (χ0v) is 26.9. The molecule has 2 atom stereocenters. The van der Waals surface area contributed by atoms with Gasteiger partial charge in [0.25, 0.3) is 23.6 Å². The molecule has 0 aromatic heterocycles. The lowest BCUT2D eigenvalue weighted by Crippen LogP contribution is -2.42. The Bertz CT molecular complexity index is 2690. The number of nitrogens with zero attached hydrogens (tertiary/aromatic N) is 3. The third kappa shape index (κ3) is 3.66. The van der Waals surface area contributed by atoms with Crippen molar-refractivity contribution in [2.45, 2.75) is 32.9 Å². The number of carbonyl (C=O) groups excluding carboxylic acids is 4. The van der Waals surface area contributed by atoms with E-state index in [1.165, 1.54) is 9.80 Å². The molecule has 0 radical (unpaired) electrons. The maximum absolute atomic E-state index is 14.2. The van der Waals surface area contributed by atoms with Crippen LogP contribution >= 0.6 is 0 Å². The summed E-state index contributed by atoms with van der Waals surface area (Å²) >= 11 is 0. The van der Waals surface area contributed by atoms with Crippen LogP contribution in [0.4, 0.5) is 0 Å². The minimum atomic E-state index is -0.527. The first kappa shape index (κ1) is 28.8. The molecule has 9 rings (SSSR count). The van der Waals surface area contributed by atoms with E-state index >= 15 is 0 Å². The SMILES string of the molecule is Cc1cc2c3c(ccc4c5c(C#N)cc6c7c(ccc(c1c34)c75)C(=O)N(C(C)c1ccccc1)C6=O)C(=O)N(C(C)c1ccccc1)C2=O. The molecule has 2 unspecified atom stereocenters. The Labute approximate surface area is 280 Å². The minimum Gasteiger partial charge on any atom is -0.269 e. The summed E-state index contributed by atoms with van der Waals surface area (Å²) in [7, 11) is 0. The fourth-order valence-electron chi connectivity index (χ4n) is 8.26. The number of rotatable bonds is 4. The number of benzene rings is 7. The van der Waals surface area contributed by atoms with Gasteiger partial charge in [-0.05, 0) is 83.3 Å². The molecule has 7 aromatic rings. The van der Waals surface area contributed by atoms with E-state index < -0.39 is 23.9 Å². The number of amides is 4. The standard InChI is InChI=1S/C42H27N3O4/c1-21-18-31-35-29(39(46)44(41(31)48)22(2)24-10-6-4-7-11-24)17-15-28-34-26(20-43)19-32-36-30(16-14-27(38(34)36)33(21)37(28)35)40(47)45(42(32)49)23(3)25-12-8-5-9-13-25/h4-19,22-23H,1-3H3. The summed E-state index contributed by atoms with van der Waals surface area (Å²) in [6.07, 6.45) is 0.